The van der Waals surface area contributed by atoms with Gasteiger partial charge in [0.05, 0.1) is 42.3 Å². The summed E-state index contributed by atoms with van der Waals surface area (Å²) in [5.74, 6) is -0.343. The molecule has 0 aromatic carbocycles. The highest BCUT2D eigenvalue weighted by Gasteiger charge is 2.70. The number of carbonyl (C=O) groups is 1. The number of nitrogens with one attached hydrogen (secondary N) is 1. The number of fused-ring (bicyclic) bond motifs is 5. The van der Waals surface area contributed by atoms with E-state index >= 15 is 0 Å². The Hall–Kier alpha value is -0.950. The lowest BCUT2D eigenvalue weighted by molar-refractivity contribution is -0.196. The SMILES string of the molecule is CCCCCCC1COC(C(O)C(C)(O)C2CCC3(O)C4=CC(=O)C5CC(O)C(O)CC5(CCC5CCC(N)NC5CCCO)C4CCC23C)C1C. The van der Waals surface area contributed by atoms with E-state index in [2.05, 4.69) is 19.2 Å². The molecule has 4 aliphatic carbocycles. The molecular weight excluding hydrogens is 660 g/mol. The molecule has 10 nitrogen and oxygen atoms in total. The first-order valence-corrected chi connectivity index (χ1v) is 21.1. The van der Waals surface area contributed by atoms with Gasteiger partial charge in [-0.05, 0) is 137 Å². The molecule has 16 unspecified atom stereocenters. The van der Waals surface area contributed by atoms with Gasteiger partial charge in [-0.25, -0.2) is 0 Å². The minimum Gasteiger partial charge on any atom is -0.396 e. The molecule has 0 bridgehead atoms. The largest absolute Gasteiger partial charge is 0.396 e. The first kappa shape index (κ1) is 40.7. The highest BCUT2D eigenvalue weighted by atomic mass is 16.5. The van der Waals surface area contributed by atoms with Crippen LogP contribution in [0.5, 0.6) is 0 Å². The zero-order valence-corrected chi connectivity index (χ0v) is 32.5. The van der Waals surface area contributed by atoms with E-state index < -0.39 is 58.3 Å². The third-order valence-electron chi connectivity index (χ3n) is 16.2. The number of ether oxygens (including phenoxy) is 1. The van der Waals surface area contributed by atoms with Crippen molar-refractivity contribution in [2.75, 3.05) is 13.2 Å². The molecule has 0 aromatic heterocycles. The number of hydrogen-bond acceptors (Lipinski definition) is 10. The summed E-state index contributed by atoms with van der Waals surface area (Å²) in [7, 11) is 0. The molecule has 10 heteroatoms. The van der Waals surface area contributed by atoms with Crippen LogP contribution in [0.1, 0.15) is 137 Å². The molecular formula is C42H72N2O8. The van der Waals surface area contributed by atoms with E-state index in [4.69, 9.17) is 10.5 Å². The van der Waals surface area contributed by atoms with Gasteiger partial charge in [-0.15, -0.1) is 0 Å². The number of aliphatic hydroxyl groups excluding tert-OH is 4. The number of nitrogens with two attached hydrogens (primary N) is 1. The lowest BCUT2D eigenvalue weighted by atomic mass is 9.44. The molecule has 5 fully saturated rings. The fraction of sp³-hybridized carbons (Fsp3) is 0.929. The Morgan fingerprint density at radius 1 is 1.02 bits per heavy atom. The number of allylic oxidation sites excluding steroid dienone is 1. The van der Waals surface area contributed by atoms with Crippen molar-refractivity contribution >= 4 is 5.78 Å². The summed E-state index contributed by atoms with van der Waals surface area (Å²) in [6.45, 7) is 8.82. The summed E-state index contributed by atoms with van der Waals surface area (Å²) < 4.78 is 6.24. The van der Waals surface area contributed by atoms with Gasteiger partial charge < -0.3 is 41.1 Å². The Kier molecular flexibility index (Phi) is 12.4. The lowest BCUT2D eigenvalue weighted by Crippen LogP contribution is -2.64. The Morgan fingerprint density at radius 3 is 2.52 bits per heavy atom. The zero-order valence-electron chi connectivity index (χ0n) is 32.5. The molecule has 6 rings (SSSR count). The van der Waals surface area contributed by atoms with Gasteiger partial charge in [0, 0.05) is 24.0 Å². The van der Waals surface area contributed by atoms with E-state index in [0.717, 1.165) is 44.1 Å². The fourth-order valence-corrected chi connectivity index (χ4v) is 13.0. The monoisotopic (exact) mass is 733 g/mol. The second-order valence-corrected chi connectivity index (χ2v) is 18.9. The summed E-state index contributed by atoms with van der Waals surface area (Å²) >= 11 is 0. The zero-order chi connectivity index (χ0) is 37.6. The second kappa shape index (κ2) is 15.9. The topological polar surface area (TPSA) is 186 Å². The van der Waals surface area contributed by atoms with Crippen molar-refractivity contribution in [3.05, 3.63) is 11.6 Å². The molecule has 16 atom stereocenters. The van der Waals surface area contributed by atoms with Crippen LogP contribution in [0.25, 0.3) is 0 Å². The van der Waals surface area contributed by atoms with Crippen molar-refractivity contribution in [3.63, 3.8) is 0 Å². The summed E-state index contributed by atoms with van der Waals surface area (Å²) in [6, 6.07) is 0.158. The lowest BCUT2D eigenvalue weighted by Gasteiger charge is -2.62. The first-order valence-electron chi connectivity index (χ1n) is 21.1. The molecule has 9 N–H and O–H groups in total. The normalized spacial score (nSPS) is 46.6. The molecule has 3 saturated carbocycles. The highest BCUT2D eigenvalue weighted by Crippen LogP contribution is 2.69. The summed E-state index contributed by atoms with van der Waals surface area (Å²) in [4.78, 5) is 14.3. The number of piperidine rings is 1. The van der Waals surface area contributed by atoms with E-state index in [0.29, 0.717) is 63.4 Å². The molecule has 0 radical (unpaired) electrons. The van der Waals surface area contributed by atoms with Gasteiger partial charge in [-0.3, -0.25) is 10.1 Å². The van der Waals surface area contributed by atoms with Gasteiger partial charge in [0.15, 0.2) is 5.78 Å². The molecule has 298 valence electrons. The van der Waals surface area contributed by atoms with Crippen LogP contribution in [0.2, 0.25) is 0 Å². The maximum atomic E-state index is 14.3. The third-order valence-corrected chi connectivity index (χ3v) is 16.2. The second-order valence-electron chi connectivity index (χ2n) is 18.9. The van der Waals surface area contributed by atoms with Crippen LogP contribution in [0.3, 0.4) is 0 Å². The first-order chi connectivity index (χ1) is 24.6. The number of rotatable bonds is 14. The average molecular weight is 733 g/mol. The van der Waals surface area contributed by atoms with Gasteiger partial charge in [0.1, 0.15) is 6.10 Å². The maximum absolute atomic E-state index is 14.3. The molecule has 0 spiro atoms. The number of unbranched alkanes of at least 4 members (excludes halogenated alkanes) is 3. The molecule has 6 aliphatic rings. The Balaban J connectivity index is 1.25. The van der Waals surface area contributed by atoms with Crippen LogP contribution < -0.4 is 11.1 Å². The van der Waals surface area contributed by atoms with Crippen molar-refractivity contribution in [2.24, 2.45) is 52.1 Å². The van der Waals surface area contributed by atoms with E-state index in [9.17, 15) is 35.4 Å². The molecule has 2 aliphatic heterocycles. The van der Waals surface area contributed by atoms with Gasteiger partial charge >= 0.3 is 0 Å². The Morgan fingerprint density at radius 2 is 1.79 bits per heavy atom. The fourth-order valence-electron chi connectivity index (χ4n) is 13.0. The predicted octanol–water partition coefficient (Wildman–Crippen LogP) is 4.11. The summed E-state index contributed by atoms with van der Waals surface area (Å²) in [5.41, 5.74) is 2.75. The highest BCUT2D eigenvalue weighted by molar-refractivity contribution is 5.95. The molecule has 52 heavy (non-hydrogen) atoms. The van der Waals surface area contributed by atoms with Crippen LogP contribution in [0, 0.1) is 46.3 Å². The minimum atomic E-state index is -1.52. The van der Waals surface area contributed by atoms with Crippen molar-refractivity contribution in [3.8, 4) is 0 Å². The van der Waals surface area contributed by atoms with Crippen LogP contribution in [-0.4, -0.2) is 97.5 Å². The summed E-state index contributed by atoms with van der Waals surface area (Å²) in [6.07, 6.45) is 11.4. The van der Waals surface area contributed by atoms with Crippen LogP contribution in [-0.2, 0) is 9.53 Å². The van der Waals surface area contributed by atoms with Crippen LogP contribution in [0.4, 0.5) is 0 Å². The van der Waals surface area contributed by atoms with Crippen LogP contribution in [0.15, 0.2) is 11.6 Å². The van der Waals surface area contributed by atoms with Crippen molar-refractivity contribution in [1.29, 1.82) is 0 Å². The standard InChI is InChI=1S/C42H72N2O8/c1-5-6-7-8-10-27-24-52-37(25(27)2)38(49)40(4,50)35-16-19-42(51)29-21-32(46)30-22-33(47)34(48)23-41(30,28(29)15-17-39(35,42)3)18-14-26-12-13-36(43)44-31(26)11-9-20-45/h21,25-28,30-31,33-38,44-45,47-51H,5-20,22-24,43H2,1-4H3. The van der Waals surface area contributed by atoms with Gasteiger partial charge in [0.25, 0.3) is 0 Å². The molecule has 2 heterocycles. The molecule has 0 amide bonds. The van der Waals surface area contributed by atoms with E-state index in [1.807, 2.05) is 6.92 Å². The number of hydrogen-bond donors (Lipinski definition) is 8. The Bertz CT molecular complexity index is 1280. The van der Waals surface area contributed by atoms with Crippen LogP contribution >= 0.6 is 0 Å². The van der Waals surface area contributed by atoms with E-state index in [-0.39, 0.29) is 42.9 Å². The van der Waals surface area contributed by atoms with Crippen molar-refractivity contribution in [2.45, 2.75) is 185 Å². The number of carbonyl (C=O) groups excluding carboxylic acids is 1. The van der Waals surface area contributed by atoms with Gasteiger partial charge in [-0.1, -0.05) is 46.5 Å². The third kappa shape index (κ3) is 7.02. The number of ketones is 1. The van der Waals surface area contributed by atoms with E-state index in [1.165, 1.54) is 19.3 Å². The molecule has 2 saturated heterocycles. The Labute approximate surface area is 312 Å². The number of aliphatic hydroxyl groups is 6. The molecule has 0 aromatic rings. The minimum absolute atomic E-state index is 0.0797. The van der Waals surface area contributed by atoms with Crippen molar-refractivity contribution < 1.29 is 40.2 Å². The van der Waals surface area contributed by atoms with Gasteiger partial charge in [0.2, 0.25) is 0 Å². The van der Waals surface area contributed by atoms with E-state index in [1.54, 1.807) is 13.0 Å². The average Bonchev–Trinajstić information content (AvgIpc) is 3.62. The van der Waals surface area contributed by atoms with Gasteiger partial charge in [-0.2, -0.15) is 0 Å². The quantitative estimate of drug-likeness (QED) is 0.121. The van der Waals surface area contributed by atoms with Crippen molar-refractivity contribution in [1.82, 2.24) is 5.32 Å². The smallest absolute Gasteiger partial charge is 0.159 e. The summed E-state index contributed by atoms with van der Waals surface area (Å²) in [5, 5.41) is 72.5. The maximum Gasteiger partial charge on any atom is 0.159 e. The predicted molar refractivity (Wildman–Crippen MR) is 200 cm³/mol.